The van der Waals surface area contributed by atoms with Crippen molar-refractivity contribution in [1.82, 2.24) is 4.90 Å². The van der Waals surface area contributed by atoms with Crippen molar-refractivity contribution in [1.29, 1.82) is 0 Å². The zero-order valence-corrected chi connectivity index (χ0v) is 21.9. The molecule has 0 spiro atoms. The Morgan fingerprint density at radius 2 is 1.00 bits per heavy atom. The maximum absolute atomic E-state index is 10.2. The predicted molar refractivity (Wildman–Crippen MR) is 139 cm³/mol. The number of unbranched alkanes of at least 4 members (excludes halogenated alkanes) is 17. The fourth-order valence-electron chi connectivity index (χ4n) is 4.23. The SMILES string of the molecule is CCCCCCCCCCCC(=O)O.CCCCCCCCCCCCN1CCOCC1. The van der Waals surface area contributed by atoms with Crippen molar-refractivity contribution >= 4 is 5.97 Å². The fourth-order valence-corrected chi connectivity index (χ4v) is 4.23. The summed E-state index contributed by atoms with van der Waals surface area (Å²) in [6, 6.07) is 0. The normalized spacial score (nSPS) is 14.2. The van der Waals surface area contributed by atoms with Gasteiger partial charge in [-0.3, -0.25) is 9.69 Å². The molecule has 1 N–H and O–H groups in total. The Hall–Kier alpha value is -0.610. The first-order valence-electron chi connectivity index (χ1n) is 14.2. The van der Waals surface area contributed by atoms with Gasteiger partial charge in [0.15, 0.2) is 0 Å². The van der Waals surface area contributed by atoms with E-state index in [1.54, 1.807) is 0 Å². The topological polar surface area (TPSA) is 49.8 Å². The van der Waals surface area contributed by atoms with E-state index >= 15 is 0 Å². The van der Waals surface area contributed by atoms with Crippen LogP contribution in [0, 0.1) is 0 Å². The van der Waals surface area contributed by atoms with Crippen molar-refractivity contribution in [2.75, 3.05) is 32.8 Å². The summed E-state index contributed by atoms with van der Waals surface area (Å²) in [5.41, 5.74) is 0. The first-order valence-corrected chi connectivity index (χ1v) is 14.2. The molecule has 1 aliphatic heterocycles. The van der Waals surface area contributed by atoms with Crippen molar-refractivity contribution in [3.63, 3.8) is 0 Å². The van der Waals surface area contributed by atoms with Crippen molar-refractivity contribution in [3.8, 4) is 0 Å². The lowest BCUT2D eigenvalue weighted by Gasteiger charge is -2.26. The Bertz CT molecular complexity index is 370. The minimum absolute atomic E-state index is 0.343. The van der Waals surface area contributed by atoms with Gasteiger partial charge >= 0.3 is 5.97 Å². The van der Waals surface area contributed by atoms with E-state index in [0.29, 0.717) is 6.42 Å². The number of aliphatic carboxylic acids is 1. The molecule has 0 bridgehead atoms. The molecular weight excluding hydrogens is 398 g/mol. The highest BCUT2D eigenvalue weighted by Crippen LogP contribution is 2.11. The summed E-state index contributed by atoms with van der Waals surface area (Å²) in [7, 11) is 0. The van der Waals surface area contributed by atoms with Crippen molar-refractivity contribution in [2.45, 2.75) is 142 Å². The molecule has 0 aliphatic carbocycles. The van der Waals surface area contributed by atoms with Gasteiger partial charge in [0.1, 0.15) is 0 Å². The van der Waals surface area contributed by atoms with Gasteiger partial charge in [-0.05, 0) is 19.4 Å². The Balaban J connectivity index is 0.000000622. The first-order chi connectivity index (χ1) is 15.7. The van der Waals surface area contributed by atoms with Crippen LogP contribution < -0.4 is 0 Å². The lowest BCUT2D eigenvalue weighted by atomic mass is 10.1. The van der Waals surface area contributed by atoms with E-state index < -0.39 is 5.97 Å². The van der Waals surface area contributed by atoms with Gasteiger partial charge in [0.25, 0.3) is 0 Å². The van der Waals surface area contributed by atoms with Crippen LogP contribution >= 0.6 is 0 Å². The van der Waals surface area contributed by atoms with Crippen molar-refractivity contribution in [2.24, 2.45) is 0 Å². The molecule has 192 valence electrons. The number of carbonyl (C=O) groups is 1. The summed E-state index contributed by atoms with van der Waals surface area (Å²) >= 11 is 0. The number of ether oxygens (including phenoxy) is 1. The standard InChI is InChI=1S/C16H33NO.C12H24O2/c1-2-3-4-5-6-7-8-9-10-11-12-17-13-15-18-16-14-17;1-2-3-4-5-6-7-8-9-10-11-12(13)14/h2-16H2,1H3;2-11H2,1H3,(H,13,14). The highest BCUT2D eigenvalue weighted by molar-refractivity contribution is 5.66. The molecule has 1 fully saturated rings. The van der Waals surface area contributed by atoms with E-state index in [9.17, 15) is 4.79 Å². The maximum Gasteiger partial charge on any atom is 0.303 e. The number of rotatable bonds is 21. The Morgan fingerprint density at radius 3 is 1.41 bits per heavy atom. The van der Waals surface area contributed by atoms with Crippen LogP contribution in [-0.2, 0) is 9.53 Å². The highest BCUT2D eigenvalue weighted by Gasteiger charge is 2.08. The van der Waals surface area contributed by atoms with E-state index in [4.69, 9.17) is 9.84 Å². The molecule has 1 saturated heterocycles. The van der Waals surface area contributed by atoms with Crippen LogP contribution in [-0.4, -0.2) is 48.8 Å². The molecule has 1 heterocycles. The zero-order chi connectivity index (χ0) is 23.5. The van der Waals surface area contributed by atoms with E-state index in [0.717, 1.165) is 39.1 Å². The first kappa shape index (κ1) is 31.4. The zero-order valence-electron chi connectivity index (χ0n) is 21.9. The van der Waals surface area contributed by atoms with Crippen LogP contribution in [0.2, 0.25) is 0 Å². The summed E-state index contributed by atoms with van der Waals surface area (Å²) in [5, 5.41) is 8.41. The van der Waals surface area contributed by atoms with Crippen molar-refractivity contribution < 1.29 is 14.6 Å². The Morgan fingerprint density at radius 1 is 0.625 bits per heavy atom. The largest absolute Gasteiger partial charge is 0.481 e. The second kappa shape index (κ2) is 26.6. The Kier molecular flexibility index (Phi) is 26.1. The number of carboxylic acid groups (broad SMARTS) is 1. The third-order valence-electron chi connectivity index (χ3n) is 6.43. The number of hydrogen-bond acceptors (Lipinski definition) is 3. The number of nitrogens with zero attached hydrogens (tertiary/aromatic N) is 1. The summed E-state index contributed by atoms with van der Waals surface area (Å²) < 4.78 is 5.36. The molecule has 4 heteroatoms. The average Bonchev–Trinajstić information content (AvgIpc) is 2.80. The lowest BCUT2D eigenvalue weighted by Crippen LogP contribution is -2.36. The third-order valence-corrected chi connectivity index (χ3v) is 6.43. The summed E-state index contributed by atoms with van der Waals surface area (Å²) in [6.07, 6.45) is 25.8. The van der Waals surface area contributed by atoms with E-state index in [1.165, 1.54) is 116 Å². The summed E-state index contributed by atoms with van der Waals surface area (Å²) in [6.45, 7) is 9.99. The van der Waals surface area contributed by atoms with Gasteiger partial charge in [-0.15, -0.1) is 0 Å². The molecular formula is C28H57NO3. The van der Waals surface area contributed by atoms with Crippen LogP contribution in [0.5, 0.6) is 0 Å². The minimum Gasteiger partial charge on any atom is -0.481 e. The quantitative estimate of drug-likeness (QED) is 0.177. The van der Waals surface area contributed by atoms with Gasteiger partial charge in [-0.1, -0.05) is 123 Å². The highest BCUT2D eigenvalue weighted by atomic mass is 16.5. The fraction of sp³-hybridized carbons (Fsp3) is 0.964. The van der Waals surface area contributed by atoms with Crippen LogP contribution in [0.4, 0.5) is 0 Å². The summed E-state index contributed by atoms with van der Waals surface area (Å²) in [5.74, 6) is -0.659. The van der Waals surface area contributed by atoms with Crippen LogP contribution in [0.1, 0.15) is 142 Å². The number of morpholine rings is 1. The number of hydrogen-bond donors (Lipinski definition) is 1. The summed E-state index contributed by atoms with van der Waals surface area (Å²) in [4.78, 5) is 12.8. The molecule has 32 heavy (non-hydrogen) atoms. The van der Waals surface area contributed by atoms with E-state index in [2.05, 4.69) is 18.7 Å². The molecule has 1 rings (SSSR count). The second-order valence-corrected chi connectivity index (χ2v) is 9.61. The average molecular weight is 456 g/mol. The van der Waals surface area contributed by atoms with E-state index in [-0.39, 0.29) is 0 Å². The van der Waals surface area contributed by atoms with Crippen molar-refractivity contribution in [3.05, 3.63) is 0 Å². The van der Waals surface area contributed by atoms with Gasteiger partial charge in [-0.2, -0.15) is 0 Å². The third kappa shape index (κ3) is 25.6. The molecule has 0 amide bonds. The molecule has 0 radical (unpaired) electrons. The smallest absolute Gasteiger partial charge is 0.303 e. The van der Waals surface area contributed by atoms with Crippen LogP contribution in [0.3, 0.4) is 0 Å². The predicted octanol–water partition coefficient (Wildman–Crippen LogP) is 8.23. The minimum atomic E-state index is -0.659. The van der Waals surface area contributed by atoms with Gasteiger partial charge in [0, 0.05) is 19.5 Å². The lowest BCUT2D eigenvalue weighted by molar-refractivity contribution is -0.137. The number of carboxylic acids is 1. The van der Waals surface area contributed by atoms with Gasteiger partial charge in [-0.25, -0.2) is 0 Å². The molecule has 0 aromatic carbocycles. The molecule has 1 aliphatic rings. The molecule has 0 aromatic heterocycles. The molecule has 0 atom stereocenters. The van der Waals surface area contributed by atoms with Gasteiger partial charge in [0.05, 0.1) is 13.2 Å². The Labute approximate surface area is 200 Å². The monoisotopic (exact) mass is 455 g/mol. The molecule has 0 unspecified atom stereocenters. The maximum atomic E-state index is 10.2. The van der Waals surface area contributed by atoms with Gasteiger partial charge in [0.2, 0.25) is 0 Å². The second-order valence-electron chi connectivity index (χ2n) is 9.61. The molecule has 0 saturated carbocycles. The van der Waals surface area contributed by atoms with Crippen LogP contribution in [0.15, 0.2) is 0 Å². The molecule has 0 aromatic rings. The van der Waals surface area contributed by atoms with Crippen LogP contribution in [0.25, 0.3) is 0 Å². The van der Waals surface area contributed by atoms with Gasteiger partial charge < -0.3 is 9.84 Å². The van der Waals surface area contributed by atoms with E-state index in [1.807, 2.05) is 0 Å². The molecule has 4 nitrogen and oxygen atoms in total.